The van der Waals surface area contributed by atoms with Crippen LogP contribution in [-0.2, 0) is 13.5 Å². The Hall–Kier alpha value is -0.970. The minimum absolute atomic E-state index is 0.506. The van der Waals surface area contributed by atoms with Crippen LogP contribution in [0.2, 0.25) is 0 Å². The van der Waals surface area contributed by atoms with E-state index in [1.165, 1.54) is 32.1 Å². The number of rotatable bonds is 6. The molecule has 0 spiro atoms. The van der Waals surface area contributed by atoms with Crippen LogP contribution in [0.25, 0.3) is 0 Å². The number of hydrogen-bond donors (Lipinski definition) is 1. The maximum atomic E-state index is 4.31. The van der Waals surface area contributed by atoms with Crippen molar-refractivity contribution in [2.45, 2.75) is 58.4 Å². The topological polar surface area (TPSA) is 55.6 Å². The number of likely N-dealkylation sites (N-methyl/N-ethyl adjacent to an activating group) is 1. The molecule has 2 rings (SSSR count). The fourth-order valence-corrected chi connectivity index (χ4v) is 3.27. The molecule has 0 bridgehead atoms. The molecular formula is C14H27N5. The second-order valence-electron chi connectivity index (χ2n) is 5.75. The number of nitrogens with zero attached hydrogens (tertiary/aromatic N) is 4. The van der Waals surface area contributed by atoms with Crippen LogP contribution in [0, 0.1) is 11.8 Å². The molecule has 1 unspecified atom stereocenters. The van der Waals surface area contributed by atoms with Crippen LogP contribution < -0.4 is 5.32 Å². The van der Waals surface area contributed by atoms with Crippen molar-refractivity contribution in [2.24, 2.45) is 18.9 Å². The fraction of sp³-hybridized carbons (Fsp3) is 0.929. The average Bonchev–Trinajstić information content (AvgIpc) is 2.84. The summed E-state index contributed by atoms with van der Waals surface area (Å²) in [6, 6.07) is 0.506. The van der Waals surface area contributed by atoms with Crippen molar-refractivity contribution in [3.05, 3.63) is 5.82 Å². The monoisotopic (exact) mass is 265 g/mol. The lowest BCUT2D eigenvalue weighted by atomic mass is 9.77. The average molecular weight is 265 g/mol. The van der Waals surface area contributed by atoms with Gasteiger partial charge < -0.3 is 5.32 Å². The molecule has 1 atom stereocenters. The van der Waals surface area contributed by atoms with Crippen LogP contribution in [0.1, 0.15) is 51.8 Å². The SMILES string of the molecule is CCNC(Cc1nnn(C)n1)C1CCC(CC)CC1. The summed E-state index contributed by atoms with van der Waals surface area (Å²) >= 11 is 0. The van der Waals surface area contributed by atoms with Gasteiger partial charge in [-0.15, -0.1) is 10.2 Å². The van der Waals surface area contributed by atoms with Gasteiger partial charge in [0, 0.05) is 12.5 Å². The summed E-state index contributed by atoms with van der Waals surface area (Å²) < 4.78 is 0. The third-order valence-corrected chi connectivity index (χ3v) is 4.46. The van der Waals surface area contributed by atoms with Gasteiger partial charge >= 0.3 is 0 Å². The molecule has 1 fully saturated rings. The quantitative estimate of drug-likeness (QED) is 0.854. The first kappa shape index (κ1) is 14.4. The van der Waals surface area contributed by atoms with E-state index in [0.29, 0.717) is 6.04 Å². The maximum Gasteiger partial charge on any atom is 0.176 e. The molecule has 1 aromatic rings. The first-order valence-electron chi connectivity index (χ1n) is 7.69. The predicted octanol–water partition coefficient (Wildman–Crippen LogP) is 1.95. The molecule has 0 amide bonds. The van der Waals surface area contributed by atoms with E-state index in [1.54, 1.807) is 4.80 Å². The number of hydrogen-bond acceptors (Lipinski definition) is 4. The highest BCUT2D eigenvalue weighted by Gasteiger charge is 2.27. The molecule has 0 radical (unpaired) electrons. The molecule has 0 aromatic carbocycles. The van der Waals surface area contributed by atoms with E-state index >= 15 is 0 Å². The van der Waals surface area contributed by atoms with Gasteiger partial charge in [0.1, 0.15) is 0 Å². The Bertz CT molecular complexity index is 368. The van der Waals surface area contributed by atoms with Gasteiger partial charge in [0.15, 0.2) is 5.82 Å². The molecule has 0 aliphatic heterocycles. The molecule has 1 aromatic heterocycles. The Morgan fingerprint density at radius 2 is 2.00 bits per heavy atom. The van der Waals surface area contributed by atoms with E-state index in [0.717, 1.165) is 30.6 Å². The fourth-order valence-electron chi connectivity index (χ4n) is 3.27. The molecule has 1 saturated carbocycles. The number of aromatic nitrogens is 4. The Morgan fingerprint density at radius 1 is 1.26 bits per heavy atom. The van der Waals surface area contributed by atoms with Crippen molar-refractivity contribution in [2.75, 3.05) is 6.54 Å². The van der Waals surface area contributed by atoms with Gasteiger partial charge in [-0.3, -0.25) is 0 Å². The van der Waals surface area contributed by atoms with Gasteiger partial charge in [0.05, 0.1) is 7.05 Å². The van der Waals surface area contributed by atoms with Crippen LogP contribution in [-0.4, -0.2) is 32.8 Å². The van der Waals surface area contributed by atoms with E-state index in [1.807, 2.05) is 7.05 Å². The van der Waals surface area contributed by atoms with Gasteiger partial charge in [-0.1, -0.05) is 33.1 Å². The van der Waals surface area contributed by atoms with E-state index in [4.69, 9.17) is 0 Å². The van der Waals surface area contributed by atoms with Crippen LogP contribution in [0.5, 0.6) is 0 Å². The summed E-state index contributed by atoms with van der Waals surface area (Å²) in [5, 5.41) is 16.0. The highest BCUT2D eigenvalue weighted by atomic mass is 15.6. The minimum atomic E-state index is 0.506. The van der Waals surface area contributed by atoms with Gasteiger partial charge in [0.25, 0.3) is 0 Å². The molecule has 1 N–H and O–H groups in total. The molecule has 19 heavy (non-hydrogen) atoms. The maximum absolute atomic E-state index is 4.31. The highest BCUT2D eigenvalue weighted by Crippen LogP contribution is 2.33. The molecule has 108 valence electrons. The van der Waals surface area contributed by atoms with Crippen molar-refractivity contribution in [3.63, 3.8) is 0 Å². The Kier molecular flexibility index (Phi) is 5.31. The first-order chi connectivity index (χ1) is 9.22. The lowest BCUT2D eigenvalue weighted by Crippen LogP contribution is -2.40. The smallest absolute Gasteiger partial charge is 0.176 e. The third-order valence-electron chi connectivity index (χ3n) is 4.46. The Balaban J connectivity index is 1.92. The zero-order valence-electron chi connectivity index (χ0n) is 12.5. The van der Waals surface area contributed by atoms with Crippen LogP contribution in [0.4, 0.5) is 0 Å². The normalized spacial score (nSPS) is 25.4. The molecular weight excluding hydrogens is 238 g/mol. The standard InChI is InChI=1S/C14H27N5/c1-4-11-6-8-12(9-7-11)13(15-5-2)10-14-16-18-19(3)17-14/h11-13,15H,4-10H2,1-3H3. The van der Waals surface area contributed by atoms with E-state index < -0.39 is 0 Å². The van der Waals surface area contributed by atoms with Gasteiger partial charge in [-0.25, -0.2) is 0 Å². The molecule has 5 nitrogen and oxygen atoms in total. The van der Waals surface area contributed by atoms with Crippen molar-refractivity contribution < 1.29 is 0 Å². The summed E-state index contributed by atoms with van der Waals surface area (Å²) in [6.07, 6.45) is 7.70. The number of aryl methyl sites for hydroxylation is 1. The van der Waals surface area contributed by atoms with Crippen LogP contribution >= 0.6 is 0 Å². The van der Waals surface area contributed by atoms with Crippen molar-refractivity contribution in [3.8, 4) is 0 Å². The van der Waals surface area contributed by atoms with Gasteiger partial charge in [-0.2, -0.15) is 4.80 Å². The van der Waals surface area contributed by atoms with Crippen molar-refractivity contribution >= 4 is 0 Å². The molecule has 0 saturated heterocycles. The summed E-state index contributed by atoms with van der Waals surface area (Å²) in [5.74, 6) is 2.59. The minimum Gasteiger partial charge on any atom is -0.314 e. The van der Waals surface area contributed by atoms with Crippen molar-refractivity contribution in [1.29, 1.82) is 0 Å². The van der Waals surface area contributed by atoms with E-state index in [2.05, 4.69) is 34.6 Å². The highest BCUT2D eigenvalue weighted by molar-refractivity contribution is 4.90. The lowest BCUT2D eigenvalue weighted by Gasteiger charge is -2.33. The molecule has 1 aliphatic carbocycles. The summed E-state index contributed by atoms with van der Waals surface area (Å²) in [5.41, 5.74) is 0. The Morgan fingerprint density at radius 3 is 2.53 bits per heavy atom. The van der Waals surface area contributed by atoms with Gasteiger partial charge in [-0.05, 0) is 36.4 Å². The molecule has 1 heterocycles. The van der Waals surface area contributed by atoms with E-state index in [9.17, 15) is 0 Å². The molecule has 1 aliphatic rings. The number of nitrogens with one attached hydrogen (secondary N) is 1. The summed E-state index contributed by atoms with van der Waals surface area (Å²) in [7, 11) is 1.82. The van der Waals surface area contributed by atoms with Crippen molar-refractivity contribution in [1.82, 2.24) is 25.5 Å². The van der Waals surface area contributed by atoms with Crippen LogP contribution in [0.3, 0.4) is 0 Å². The number of tetrazole rings is 1. The second kappa shape index (κ2) is 6.98. The van der Waals surface area contributed by atoms with E-state index in [-0.39, 0.29) is 0 Å². The zero-order valence-corrected chi connectivity index (χ0v) is 12.5. The zero-order chi connectivity index (χ0) is 13.7. The largest absolute Gasteiger partial charge is 0.314 e. The lowest BCUT2D eigenvalue weighted by molar-refractivity contribution is 0.216. The van der Waals surface area contributed by atoms with Crippen LogP contribution in [0.15, 0.2) is 0 Å². The second-order valence-corrected chi connectivity index (χ2v) is 5.75. The Labute approximate surface area is 116 Å². The summed E-state index contributed by atoms with van der Waals surface area (Å²) in [6.45, 7) is 5.50. The molecule has 5 heteroatoms. The first-order valence-corrected chi connectivity index (χ1v) is 7.69. The third kappa shape index (κ3) is 4.00. The predicted molar refractivity (Wildman–Crippen MR) is 75.7 cm³/mol. The summed E-state index contributed by atoms with van der Waals surface area (Å²) in [4.78, 5) is 1.55. The van der Waals surface area contributed by atoms with Gasteiger partial charge in [0.2, 0.25) is 0 Å².